The van der Waals surface area contributed by atoms with Gasteiger partial charge in [0.1, 0.15) is 23.5 Å². The molecule has 5 rings (SSSR count). The summed E-state index contributed by atoms with van der Waals surface area (Å²) in [4.78, 5) is 27.9. The lowest BCUT2D eigenvalue weighted by Gasteiger charge is -2.41. The summed E-state index contributed by atoms with van der Waals surface area (Å²) in [7, 11) is 0. The van der Waals surface area contributed by atoms with Crippen LogP contribution in [0.1, 0.15) is 64.2 Å². The highest BCUT2D eigenvalue weighted by Gasteiger charge is 2.57. The van der Waals surface area contributed by atoms with E-state index in [4.69, 9.17) is 10.5 Å². The van der Waals surface area contributed by atoms with Crippen LogP contribution in [0.5, 0.6) is 0 Å². The van der Waals surface area contributed by atoms with Crippen LogP contribution < -0.4 is 21.7 Å². The Hall–Kier alpha value is -4.48. The SMILES string of the molecule is CC(C)CC1(C2=CNC(Cc3ccccc3)(CC(O)C(Cc3ccccc3)NC(=O)OC(C)(C)C)C2O)NC=C(C(Cc2ccccc2)C(N)O)C1=O. The molecule has 0 saturated heterocycles. The van der Waals surface area contributed by atoms with Gasteiger partial charge >= 0.3 is 6.09 Å². The van der Waals surface area contributed by atoms with E-state index in [0.29, 0.717) is 36.8 Å². The lowest BCUT2D eigenvalue weighted by molar-refractivity contribution is -0.121. The molecule has 1 amide bonds. The topological polar surface area (TPSA) is 166 Å². The second-order valence-corrected chi connectivity index (χ2v) is 16.0. The summed E-state index contributed by atoms with van der Waals surface area (Å²) in [6.45, 7) is 9.36. The van der Waals surface area contributed by atoms with Gasteiger partial charge in [-0.2, -0.15) is 0 Å². The van der Waals surface area contributed by atoms with E-state index in [0.717, 1.165) is 16.7 Å². The summed E-state index contributed by atoms with van der Waals surface area (Å²) < 4.78 is 5.58. The zero-order valence-corrected chi connectivity index (χ0v) is 31.5. The lowest BCUT2D eigenvalue weighted by atomic mass is 9.70. The average Bonchev–Trinajstić information content (AvgIpc) is 3.58. The third-order valence-electron chi connectivity index (χ3n) is 10.2. The number of Topliss-reactive ketones (excluding diaryl/α,β-unsaturated/α-hetero) is 1. The second kappa shape index (κ2) is 16.7. The third kappa shape index (κ3) is 9.55. The zero-order valence-electron chi connectivity index (χ0n) is 31.5. The van der Waals surface area contributed by atoms with Crippen LogP contribution in [0.4, 0.5) is 4.79 Å². The van der Waals surface area contributed by atoms with Crippen LogP contribution in [0, 0.1) is 11.8 Å². The maximum atomic E-state index is 14.8. The van der Waals surface area contributed by atoms with Crippen molar-refractivity contribution in [3.63, 3.8) is 0 Å². The maximum absolute atomic E-state index is 14.8. The lowest BCUT2D eigenvalue weighted by Crippen LogP contribution is -2.59. The standard InChI is InChI=1S/C43H56N4O6/c1-28(2)23-43(37(49)33(26-46-43)32(39(44)51)21-29-15-9-6-10-16-29)34-27-45-42(38(34)50,24-31-19-13-8-14-20-31)25-36(48)35(22-30-17-11-7-12-18-30)47-40(52)53-41(3,4)5/h6-20,26-28,32,35-36,38-39,45-46,48,50-51H,21-25,44H2,1-5H3,(H,47,52). The molecule has 0 spiro atoms. The van der Waals surface area contributed by atoms with Crippen LogP contribution in [-0.4, -0.2) is 68.4 Å². The summed E-state index contributed by atoms with van der Waals surface area (Å²) >= 11 is 0. The number of ether oxygens (including phenoxy) is 1. The predicted octanol–water partition coefficient (Wildman–Crippen LogP) is 4.68. The molecule has 3 aromatic carbocycles. The van der Waals surface area contributed by atoms with Gasteiger partial charge in [-0.05, 0) is 69.1 Å². The van der Waals surface area contributed by atoms with E-state index in [1.54, 1.807) is 33.2 Å². The normalized spacial score (nSPS) is 23.7. The van der Waals surface area contributed by atoms with Crippen LogP contribution in [0.2, 0.25) is 0 Å². The van der Waals surface area contributed by atoms with Crippen LogP contribution in [-0.2, 0) is 28.8 Å². The highest BCUT2D eigenvalue weighted by atomic mass is 16.6. The fourth-order valence-corrected chi connectivity index (χ4v) is 7.74. The molecule has 10 nitrogen and oxygen atoms in total. The molecule has 7 unspecified atom stereocenters. The van der Waals surface area contributed by atoms with Crippen LogP contribution in [0.3, 0.4) is 0 Å². The molecule has 7 atom stereocenters. The number of amides is 1. The summed E-state index contributed by atoms with van der Waals surface area (Å²) in [6, 6.07) is 28.0. The number of alkyl carbamates (subject to hydrolysis) is 1. The molecule has 3 aromatic rings. The van der Waals surface area contributed by atoms with E-state index in [9.17, 15) is 24.9 Å². The second-order valence-electron chi connectivity index (χ2n) is 16.0. The van der Waals surface area contributed by atoms with Gasteiger partial charge in [0, 0.05) is 35.9 Å². The molecular formula is C43H56N4O6. The summed E-state index contributed by atoms with van der Waals surface area (Å²) in [6.07, 6.45) is 0.362. The van der Waals surface area contributed by atoms with Gasteiger partial charge in [0.25, 0.3) is 0 Å². The number of aliphatic hydroxyl groups excluding tert-OH is 3. The molecule has 0 radical (unpaired) electrons. The molecule has 2 heterocycles. The fourth-order valence-electron chi connectivity index (χ4n) is 7.74. The minimum atomic E-state index is -1.33. The molecule has 0 fully saturated rings. The number of carbonyl (C=O) groups is 2. The summed E-state index contributed by atoms with van der Waals surface area (Å²) in [5.74, 6) is -0.911. The first-order chi connectivity index (χ1) is 25.1. The van der Waals surface area contributed by atoms with Gasteiger partial charge in [-0.1, -0.05) is 105 Å². The Bertz CT molecular complexity index is 1740. The largest absolute Gasteiger partial charge is 0.444 e. The van der Waals surface area contributed by atoms with Crippen molar-refractivity contribution >= 4 is 11.9 Å². The van der Waals surface area contributed by atoms with E-state index < -0.39 is 53.2 Å². The summed E-state index contributed by atoms with van der Waals surface area (Å²) in [5, 5.41) is 45.2. The van der Waals surface area contributed by atoms with E-state index in [2.05, 4.69) is 16.0 Å². The number of nitrogens with one attached hydrogen (secondary N) is 3. The molecule has 8 N–H and O–H groups in total. The van der Waals surface area contributed by atoms with Crippen molar-refractivity contribution in [2.24, 2.45) is 17.6 Å². The number of benzene rings is 3. The van der Waals surface area contributed by atoms with E-state index in [1.165, 1.54) is 0 Å². The highest BCUT2D eigenvalue weighted by Crippen LogP contribution is 2.44. The van der Waals surface area contributed by atoms with Crippen molar-refractivity contribution in [1.29, 1.82) is 0 Å². The Morgan fingerprint density at radius 3 is 1.92 bits per heavy atom. The Kier molecular flexibility index (Phi) is 12.5. The van der Waals surface area contributed by atoms with Crippen LogP contribution in [0.15, 0.2) is 115 Å². The zero-order chi connectivity index (χ0) is 38.4. The fraction of sp³-hybridized carbons (Fsp3) is 0.442. The molecule has 0 aromatic heterocycles. The molecule has 2 aliphatic heterocycles. The predicted molar refractivity (Wildman–Crippen MR) is 206 cm³/mol. The minimum absolute atomic E-state index is 0.0146. The van der Waals surface area contributed by atoms with E-state index in [1.807, 2.05) is 105 Å². The van der Waals surface area contributed by atoms with Crippen molar-refractivity contribution in [3.05, 3.63) is 131 Å². The van der Waals surface area contributed by atoms with E-state index in [-0.39, 0.29) is 18.1 Å². The summed E-state index contributed by atoms with van der Waals surface area (Å²) in [5.41, 5.74) is 6.43. The van der Waals surface area contributed by atoms with Crippen molar-refractivity contribution in [1.82, 2.24) is 16.0 Å². The highest BCUT2D eigenvalue weighted by molar-refractivity contribution is 6.08. The van der Waals surface area contributed by atoms with Crippen molar-refractivity contribution in [2.45, 2.75) is 108 Å². The van der Waals surface area contributed by atoms with E-state index >= 15 is 0 Å². The maximum Gasteiger partial charge on any atom is 0.407 e. The number of rotatable bonds is 15. The smallest absolute Gasteiger partial charge is 0.407 e. The third-order valence-corrected chi connectivity index (χ3v) is 10.2. The number of carbonyl (C=O) groups excluding carboxylic acids is 2. The average molecular weight is 725 g/mol. The molecule has 0 bridgehead atoms. The van der Waals surface area contributed by atoms with Gasteiger partial charge in [-0.15, -0.1) is 0 Å². The number of nitrogens with two attached hydrogens (primary N) is 1. The number of aliphatic hydroxyl groups is 3. The number of hydrogen-bond donors (Lipinski definition) is 7. The van der Waals surface area contributed by atoms with Crippen molar-refractivity contribution in [3.8, 4) is 0 Å². The molecule has 53 heavy (non-hydrogen) atoms. The molecule has 2 aliphatic rings. The van der Waals surface area contributed by atoms with Gasteiger partial charge in [-0.25, -0.2) is 4.79 Å². The van der Waals surface area contributed by atoms with Gasteiger partial charge in [0.05, 0.1) is 17.7 Å². The van der Waals surface area contributed by atoms with Gasteiger partial charge in [0.2, 0.25) is 0 Å². The number of hydrogen-bond acceptors (Lipinski definition) is 9. The minimum Gasteiger partial charge on any atom is -0.444 e. The Morgan fingerprint density at radius 1 is 0.849 bits per heavy atom. The first kappa shape index (κ1) is 39.7. The van der Waals surface area contributed by atoms with Gasteiger partial charge < -0.3 is 41.7 Å². The molecular weight excluding hydrogens is 668 g/mol. The first-order valence-electron chi connectivity index (χ1n) is 18.5. The molecule has 0 saturated carbocycles. The first-order valence-corrected chi connectivity index (χ1v) is 18.5. The number of ketones is 1. The molecule has 10 heteroatoms. The molecule has 284 valence electrons. The Morgan fingerprint density at radius 2 is 1.40 bits per heavy atom. The van der Waals surface area contributed by atoms with Gasteiger partial charge in [-0.3, -0.25) is 4.79 Å². The van der Waals surface area contributed by atoms with Crippen molar-refractivity contribution in [2.75, 3.05) is 0 Å². The van der Waals surface area contributed by atoms with Crippen LogP contribution in [0.25, 0.3) is 0 Å². The Labute approximate surface area is 313 Å². The van der Waals surface area contributed by atoms with Crippen LogP contribution >= 0.6 is 0 Å². The Balaban J connectivity index is 1.48. The van der Waals surface area contributed by atoms with Crippen molar-refractivity contribution < 1.29 is 29.6 Å². The monoisotopic (exact) mass is 724 g/mol. The molecule has 0 aliphatic carbocycles. The quantitative estimate of drug-likeness (QED) is 0.110. The van der Waals surface area contributed by atoms with Gasteiger partial charge in [0.15, 0.2) is 5.78 Å².